The third-order valence-corrected chi connectivity index (χ3v) is 2.53. The van der Waals surface area contributed by atoms with Crippen molar-refractivity contribution in [3.05, 3.63) is 39.4 Å². The summed E-state index contributed by atoms with van der Waals surface area (Å²) in [7, 11) is 0. The van der Waals surface area contributed by atoms with Gasteiger partial charge < -0.3 is 10.2 Å². The summed E-state index contributed by atoms with van der Waals surface area (Å²) in [4.78, 5) is 9.86. The average Bonchev–Trinajstić information content (AvgIpc) is 2.35. The zero-order valence-corrected chi connectivity index (χ0v) is 9.33. The summed E-state index contributed by atoms with van der Waals surface area (Å²) in [5.74, 6) is -0.205. The van der Waals surface area contributed by atoms with Gasteiger partial charge in [0.15, 0.2) is 0 Å². The van der Waals surface area contributed by atoms with Crippen molar-refractivity contribution in [2.45, 2.75) is 12.2 Å². The Kier molecular flexibility index (Phi) is 4.40. The molecule has 0 bridgehead atoms. The lowest BCUT2D eigenvalue weighted by molar-refractivity contribution is -0.384. The quantitative estimate of drug-likeness (QED) is 0.476. The van der Waals surface area contributed by atoms with Crippen LogP contribution in [0.5, 0.6) is 0 Å². The normalized spacial score (nSPS) is 13.8. The van der Waals surface area contributed by atoms with Crippen LogP contribution < -0.4 is 0 Å². The van der Waals surface area contributed by atoms with Crippen LogP contribution in [-0.2, 0) is 0 Å². The fraction of sp³-hybridized carbons (Fsp3) is 0.300. The second kappa shape index (κ2) is 5.59. The predicted octanol–water partition coefficient (Wildman–Crippen LogP) is 1.10. The molecule has 0 aliphatic carbocycles. The van der Waals surface area contributed by atoms with E-state index < -0.39 is 17.1 Å². The van der Waals surface area contributed by atoms with Gasteiger partial charge in [0, 0.05) is 17.7 Å². The molecule has 0 aromatic heterocycles. The summed E-state index contributed by atoms with van der Waals surface area (Å²) in [5.41, 5.74) is -0.194. The fourth-order valence-electron chi connectivity index (χ4n) is 1.30. The second-order valence-corrected chi connectivity index (χ2v) is 3.62. The van der Waals surface area contributed by atoms with E-state index in [9.17, 15) is 20.3 Å². The molecule has 1 aromatic rings. The molecule has 6 nitrogen and oxygen atoms in total. The second-order valence-electron chi connectivity index (χ2n) is 3.31. The van der Waals surface area contributed by atoms with E-state index in [4.69, 9.17) is 16.9 Å². The van der Waals surface area contributed by atoms with Gasteiger partial charge in [-0.15, -0.1) is 11.6 Å². The third-order valence-electron chi connectivity index (χ3n) is 2.21. The van der Waals surface area contributed by atoms with Crippen molar-refractivity contribution in [3.63, 3.8) is 0 Å². The topological polar surface area (TPSA) is 107 Å². The van der Waals surface area contributed by atoms with E-state index in [-0.39, 0.29) is 22.7 Å². The number of non-ortho nitro benzene ring substituents is 1. The SMILES string of the molecule is N#Cc1cc([N+](=O)[O-])ccc1C(O)C(O)CCl. The molecule has 2 N–H and O–H groups in total. The third kappa shape index (κ3) is 2.91. The lowest BCUT2D eigenvalue weighted by Gasteiger charge is -2.16. The van der Waals surface area contributed by atoms with E-state index in [0.717, 1.165) is 12.1 Å². The van der Waals surface area contributed by atoms with Crippen molar-refractivity contribution in [2.24, 2.45) is 0 Å². The summed E-state index contributed by atoms with van der Waals surface area (Å²) in [6.45, 7) is 0. The van der Waals surface area contributed by atoms with Gasteiger partial charge >= 0.3 is 0 Å². The summed E-state index contributed by atoms with van der Waals surface area (Å²) >= 11 is 5.37. The highest BCUT2D eigenvalue weighted by atomic mass is 35.5. The van der Waals surface area contributed by atoms with Gasteiger partial charge in [-0.3, -0.25) is 10.1 Å². The first-order chi connectivity index (χ1) is 8.01. The summed E-state index contributed by atoms with van der Waals surface area (Å²) in [6, 6.07) is 5.16. The Morgan fingerprint density at radius 2 is 2.18 bits per heavy atom. The zero-order chi connectivity index (χ0) is 13.0. The van der Waals surface area contributed by atoms with Gasteiger partial charge in [-0.05, 0) is 6.07 Å². The first-order valence-electron chi connectivity index (χ1n) is 4.61. The maximum atomic E-state index is 10.5. The van der Waals surface area contributed by atoms with Crippen molar-refractivity contribution in [2.75, 3.05) is 5.88 Å². The number of halogens is 1. The number of nitro benzene ring substituents is 1. The van der Waals surface area contributed by atoms with E-state index >= 15 is 0 Å². The van der Waals surface area contributed by atoms with Gasteiger partial charge in [0.1, 0.15) is 6.10 Å². The molecule has 1 aromatic carbocycles. The van der Waals surface area contributed by atoms with Crippen LogP contribution in [-0.4, -0.2) is 27.1 Å². The molecule has 1 rings (SSSR count). The maximum Gasteiger partial charge on any atom is 0.270 e. The molecule has 17 heavy (non-hydrogen) atoms. The highest BCUT2D eigenvalue weighted by molar-refractivity contribution is 6.18. The van der Waals surface area contributed by atoms with Gasteiger partial charge in [0.25, 0.3) is 5.69 Å². The molecule has 0 radical (unpaired) electrons. The molecule has 2 atom stereocenters. The van der Waals surface area contributed by atoms with Crippen LogP contribution in [0.4, 0.5) is 5.69 Å². The Labute approximate surface area is 102 Å². The van der Waals surface area contributed by atoms with Crippen LogP contribution in [0.15, 0.2) is 18.2 Å². The maximum absolute atomic E-state index is 10.5. The van der Waals surface area contributed by atoms with Crippen molar-refractivity contribution < 1.29 is 15.1 Å². The number of nitriles is 1. The summed E-state index contributed by atoms with van der Waals surface area (Å²) < 4.78 is 0. The molecule has 0 heterocycles. The molecule has 0 saturated carbocycles. The Hall–Kier alpha value is -1.68. The van der Waals surface area contributed by atoms with Crippen LogP contribution in [0.3, 0.4) is 0 Å². The molecule has 2 unspecified atom stereocenters. The molecule has 0 spiro atoms. The molecular formula is C10H9ClN2O4. The molecule has 0 saturated heterocycles. The number of hydrogen-bond acceptors (Lipinski definition) is 5. The lowest BCUT2D eigenvalue weighted by Crippen LogP contribution is -2.20. The number of hydrogen-bond donors (Lipinski definition) is 2. The fourth-order valence-corrected chi connectivity index (χ4v) is 1.47. The van der Waals surface area contributed by atoms with Crippen molar-refractivity contribution in [3.8, 4) is 6.07 Å². The minimum Gasteiger partial charge on any atom is -0.389 e. The molecule has 7 heteroatoms. The number of aliphatic hydroxyl groups is 2. The van der Waals surface area contributed by atoms with Crippen LogP contribution in [0.2, 0.25) is 0 Å². The van der Waals surface area contributed by atoms with Crippen LogP contribution in [0.1, 0.15) is 17.2 Å². The Morgan fingerprint density at radius 3 is 2.65 bits per heavy atom. The number of benzene rings is 1. The highest BCUT2D eigenvalue weighted by Crippen LogP contribution is 2.25. The number of aliphatic hydroxyl groups excluding tert-OH is 2. The smallest absolute Gasteiger partial charge is 0.270 e. The molecule has 90 valence electrons. The lowest BCUT2D eigenvalue weighted by atomic mass is 9.99. The number of nitrogens with zero attached hydrogens (tertiary/aromatic N) is 2. The van der Waals surface area contributed by atoms with Gasteiger partial charge in [-0.1, -0.05) is 0 Å². The minimum absolute atomic E-state index is 0.0594. The first kappa shape index (κ1) is 13.4. The van der Waals surface area contributed by atoms with Crippen LogP contribution in [0, 0.1) is 21.4 Å². The first-order valence-corrected chi connectivity index (χ1v) is 5.15. The average molecular weight is 257 g/mol. The Balaban J connectivity index is 3.18. The van der Waals surface area contributed by atoms with Gasteiger partial charge in [0.2, 0.25) is 0 Å². The van der Waals surface area contributed by atoms with Crippen molar-refractivity contribution in [1.29, 1.82) is 5.26 Å². The zero-order valence-electron chi connectivity index (χ0n) is 8.58. The minimum atomic E-state index is -1.34. The Bertz CT molecular complexity index is 472. The predicted molar refractivity (Wildman–Crippen MR) is 59.5 cm³/mol. The number of nitro groups is 1. The van der Waals surface area contributed by atoms with E-state index in [0.29, 0.717) is 0 Å². The molecule has 0 fully saturated rings. The largest absolute Gasteiger partial charge is 0.389 e. The molecule has 0 amide bonds. The molecule has 0 aliphatic heterocycles. The molecule has 0 aliphatic rings. The monoisotopic (exact) mass is 256 g/mol. The van der Waals surface area contributed by atoms with Crippen molar-refractivity contribution >= 4 is 17.3 Å². The van der Waals surface area contributed by atoms with Gasteiger partial charge in [0.05, 0.1) is 28.5 Å². The highest BCUT2D eigenvalue weighted by Gasteiger charge is 2.22. The van der Waals surface area contributed by atoms with Crippen molar-refractivity contribution in [1.82, 2.24) is 0 Å². The van der Waals surface area contributed by atoms with Crippen LogP contribution in [0.25, 0.3) is 0 Å². The summed E-state index contributed by atoms with van der Waals surface area (Å²) in [5, 5.41) is 38.4. The number of alkyl halides is 1. The standard InChI is InChI=1S/C10H9ClN2O4/c11-4-9(14)10(15)8-2-1-7(13(16)17)3-6(8)5-12/h1-3,9-10,14-15H,4H2. The molecular weight excluding hydrogens is 248 g/mol. The van der Waals surface area contributed by atoms with Gasteiger partial charge in [-0.2, -0.15) is 5.26 Å². The summed E-state index contributed by atoms with van der Waals surface area (Å²) in [6.07, 6.45) is -2.58. The Morgan fingerprint density at radius 1 is 1.53 bits per heavy atom. The van der Waals surface area contributed by atoms with E-state index in [1.54, 1.807) is 6.07 Å². The van der Waals surface area contributed by atoms with E-state index in [1.807, 2.05) is 0 Å². The number of rotatable bonds is 4. The van der Waals surface area contributed by atoms with E-state index in [1.165, 1.54) is 6.07 Å². The van der Waals surface area contributed by atoms with E-state index in [2.05, 4.69) is 0 Å². The van der Waals surface area contributed by atoms with Crippen LogP contribution >= 0.6 is 11.6 Å². The van der Waals surface area contributed by atoms with Gasteiger partial charge in [-0.25, -0.2) is 0 Å².